The molecule has 0 radical (unpaired) electrons. The standard InChI is InChI=1S/C15H25N3O3S/c1-10(2)18-22(20,21)12-8-6-11(7-9-12)17-14(19)13(16)15(3,4)5/h6-10,13,18H,16H2,1-5H3,(H,17,19)/t13-/m1/s1. The summed E-state index contributed by atoms with van der Waals surface area (Å²) < 4.78 is 26.5. The second-order valence-corrected chi connectivity index (χ2v) is 8.35. The topological polar surface area (TPSA) is 101 Å². The van der Waals surface area contributed by atoms with Crippen LogP contribution in [0.4, 0.5) is 5.69 Å². The summed E-state index contributed by atoms with van der Waals surface area (Å²) in [6.45, 7) is 9.14. The molecule has 0 aliphatic rings. The maximum absolute atomic E-state index is 12.0. The Labute approximate surface area is 132 Å². The lowest BCUT2D eigenvalue weighted by Gasteiger charge is -2.25. The Kier molecular flexibility index (Phi) is 5.72. The highest BCUT2D eigenvalue weighted by Gasteiger charge is 2.27. The predicted octanol–water partition coefficient (Wildman–Crippen LogP) is 1.69. The number of anilines is 1. The average Bonchev–Trinajstić information content (AvgIpc) is 2.35. The smallest absolute Gasteiger partial charge is 0.241 e. The first-order chi connectivity index (χ1) is 9.93. The maximum Gasteiger partial charge on any atom is 0.241 e. The summed E-state index contributed by atoms with van der Waals surface area (Å²) in [5, 5.41) is 2.69. The summed E-state index contributed by atoms with van der Waals surface area (Å²) >= 11 is 0. The van der Waals surface area contributed by atoms with Crippen LogP contribution < -0.4 is 15.8 Å². The highest BCUT2D eigenvalue weighted by molar-refractivity contribution is 7.89. The van der Waals surface area contributed by atoms with Crippen LogP contribution in [0, 0.1) is 5.41 Å². The van der Waals surface area contributed by atoms with E-state index in [0.717, 1.165) is 0 Å². The zero-order chi connectivity index (χ0) is 17.1. The zero-order valence-electron chi connectivity index (χ0n) is 13.7. The van der Waals surface area contributed by atoms with Crippen molar-refractivity contribution in [2.45, 2.75) is 51.6 Å². The van der Waals surface area contributed by atoms with E-state index in [2.05, 4.69) is 10.0 Å². The van der Waals surface area contributed by atoms with Gasteiger partial charge in [0, 0.05) is 11.7 Å². The minimum absolute atomic E-state index is 0.152. The van der Waals surface area contributed by atoms with E-state index in [0.29, 0.717) is 5.69 Å². The molecule has 22 heavy (non-hydrogen) atoms. The quantitative estimate of drug-likeness (QED) is 0.766. The lowest BCUT2D eigenvalue weighted by molar-refractivity contribution is -0.119. The van der Waals surface area contributed by atoms with E-state index in [1.165, 1.54) is 12.1 Å². The summed E-state index contributed by atoms with van der Waals surface area (Å²) in [4.78, 5) is 12.2. The Morgan fingerprint density at radius 3 is 2.05 bits per heavy atom. The number of nitrogens with one attached hydrogen (secondary N) is 2. The molecule has 0 heterocycles. The molecule has 0 unspecified atom stereocenters. The van der Waals surface area contributed by atoms with Gasteiger partial charge in [-0.3, -0.25) is 4.79 Å². The maximum atomic E-state index is 12.0. The van der Waals surface area contributed by atoms with Crippen LogP contribution in [0.15, 0.2) is 29.2 Å². The SMILES string of the molecule is CC(C)NS(=O)(=O)c1ccc(NC(=O)[C@@H](N)C(C)(C)C)cc1. The molecule has 0 aliphatic carbocycles. The molecule has 1 aromatic rings. The highest BCUT2D eigenvalue weighted by Crippen LogP contribution is 2.20. The summed E-state index contributed by atoms with van der Waals surface area (Å²) in [5.41, 5.74) is 6.03. The fourth-order valence-corrected chi connectivity index (χ4v) is 2.96. The van der Waals surface area contributed by atoms with Crippen LogP contribution in [0.3, 0.4) is 0 Å². The monoisotopic (exact) mass is 327 g/mol. The van der Waals surface area contributed by atoms with Gasteiger partial charge in [-0.05, 0) is 43.5 Å². The molecule has 0 aliphatic heterocycles. The number of hydrogen-bond donors (Lipinski definition) is 3. The third-order valence-electron chi connectivity index (χ3n) is 3.04. The van der Waals surface area contributed by atoms with Crippen LogP contribution in [0.5, 0.6) is 0 Å². The van der Waals surface area contributed by atoms with E-state index in [-0.39, 0.29) is 22.3 Å². The zero-order valence-corrected chi connectivity index (χ0v) is 14.5. The molecule has 1 atom stereocenters. The van der Waals surface area contributed by atoms with E-state index in [1.54, 1.807) is 26.0 Å². The molecule has 0 fully saturated rings. The molecule has 0 bridgehead atoms. The summed E-state index contributed by atoms with van der Waals surface area (Å²) in [5.74, 6) is -0.302. The van der Waals surface area contributed by atoms with Crippen molar-refractivity contribution < 1.29 is 13.2 Å². The van der Waals surface area contributed by atoms with Crippen molar-refractivity contribution >= 4 is 21.6 Å². The Hall–Kier alpha value is -1.44. The van der Waals surface area contributed by atoms with E-state index in [9.17, 15) is 13.2 Å². The van der Waals surface area contributed by atoms with Crippen LogP contribution in [-0.4, -0.2) is 26.4 Å². The van der Waals surface area contributed by atoms with Gasteiger partial charge < -0.3 is 11.1 Å². The molecule has 1 aromatic carbocycles. The summed E-state index contributed by atoms with van der Waals surface area (Å²) in [6, 6.07) is 5.14. The first kappa shape index (κ1) is 18.6. The molecule has 4 N–H and O–H groups in total. The van der Waals surface area contributed by atoms with Crippen molar-refractivity contribution in [3.8, 4) is 0 Å². The minimum atomic E-state index is -3.53. The van der Waals surface area contributed by atoms with Crippen LogP contribution in [0.1, 0.15) is 34.6 Å². The number of sulfonamides is 1. The third-order valence-corrected chi connectivity index (χ3v) is 4.71. The molecule has 0 aromatic heterocycles. The largest absolute Gasteiger partial charge is 0.325 e. The van der Waals surface area contributed by atoms with Crippen LogP contribution in [0.2, 0.25) is 0 Å². The first-order valence-corrected chi connectivity index (χ1v) is 8.60. The number of carbonyl (C=O) groups excluding carboxylic acids is 1. The summed E-state index contributed by atoms with van der Waals surface area (Å²) in [7, 11) is -3.53. The van der Waals surface area contributed by atoms with Gasteiger partial charge in [0.05, 0.1) is 10.9 Å². The van der Waals surface area contributed by atoms with Crippen molar-refractivity contribution in [1.29, 1.82) is 0 Å². The molecular formula is C15H25N3O3S. The Balaban J connectivity index is 2.84. The highest BCUT2D eigenvalue weighted by atomic mass is 32.2. The summed E-state index contributed by atoms with van der Waals surface area (Å²) in [6.07, 6.45) is 0. The van der Waals surface area contributed by atoms with Crippen molar-refractivity contribution in [2.24, 2.45) is 11.1 Å². The number of amides is 1. The molecule has 0 spiro atoms. The van der Waals surface area contributed by atoms with Crippen molar-refractivity contribution in [1.82, 2.24) is 4.72 Å². The normalized spacial score (nSPS) is 14.0. The van der Waals surface area contributed by atoms with E-state index < -0.39 is 16.1 Å². The number of benzene rings is 1. The minimum Gasteiger partial charge on any atom is -0.325 e. The third kappa shape index (κ3) is 5.08. The lowest BCUT2D eigenvalue weighted by Crippen LogP contribution is -2.45. The molecule has 1 rings (SSSR count). The van der Waals surface area contributed by atoms with Crippen molar-refractivity contribution in [2.75, 3.05) is 5.32 Å². The van der Waals surface area contributed by atoms with Gasteiger partial charge in [0.15, 0.2) is 0 Å². The molecule has 0 saturated carbocycles. The number of carbonyl (C=O) groups is 1. The van der Waals surface area contributed by atoms with Gasteiger partial charge in [-0.15, -0.1) is 0 Å². The fourth-order valence-electron chi connectivity index (χ4n) is 1.71. The predicted molar refractivity (Wildman–Crippen MR) is 88.0 cm³/mol. The van der Waals surface area contributed by atoms with E-state index in [1.807, 2.05) is 20.8 Å². The van der Waals surface area contributed by atoms with Gasteiger partial charge in [-0.25, -0.2) is 13.1 Å². The van der Waals surface area contributed by atoms with Gasteiger partial charge in [-0.2, -0.15) is 0 Å². The van der Waals surface area contributed by atoms with Crippen LogP contribution >= 0.6 is 0 Å². The molecular weight excluding hydrogens is 302 g/mol. The lowest BCUT2D eigenvalue weighted by atomic mass is 9.87. The molecule has 6 nitrogen and oxygen atoms in total. The Morgan fingerprint density at radius 1 is 1.14 bits per heavy atom. The fraction of sp³-hybridized carbons (Fsp3) is 0.533. The molecule has 124 valence electrons. The molecule has 0 saturated heterocycles. The van der Waals surface area contributed by atoms with Crippen LogP contribution in [0.25, 0.3) is 0 Å². The van der Waals surface area contributed by atoms with Crippen molar-refractivity contribution in [3.05, 3.63) is 24.3 Å². The van der Waals surface area contributed by atoms with Gasteiger partial charge in [0.2, 0.25) is 15.9 Å². The second-order valence-electron chi connectivity index (χ2n) is 6.63. The number of nitrogens with two attached hydrogens (primary N) is 1. The number of rotatable bonds is 5. The van der Waals surface area contributed by atoms with Crippen LogP contribution in [-0.2, 0) is 14.8 Å². The first-order valence-electron chi connectivity index (χ1n) is 7.12. The van der Waals surface area contributed by atoms with Gasteiger partial charge >= 0.3 is 0 Å². The Bertz CT molecular complexity index is 616. The molecule has 7 heteroatoms. The average molecular weight is 327 g/mol. The van der Waals surface area contributed by atoms with Gasteiger partial charge in [0.1, 0.15) is 0 Å². The molecule has 1 amide bonds. The van der Waals surface area contributed by atoms with Gasteiger partial charge in [-0.1, -0.05) is 20.8 Å². The van der Waals surface area contributed by atoms with Crippen molar-refractivity contribution in [3.63, 3.8) is 0 Å². The Morgan fingerprint density at radius 2 is 1.64 bits per heavy atom. The van der Waals surface area contributed by atoms with Gasteiger partial charge in [0.25, 0.3) is 0 Å². The number of hydrogen-bond acceptors (Lipinski definition) is 4. The van der Waals surface area contributed by atoms with E-state index >= 15 is 0 Å². The second kappa shape index (κ2) is 6.76. The van der Waals surface area contributed by atoms with E-state index in [4.69, 9.17) is 5.73 Å².